The molecular formula is C15H21N3O2S. The monoisotopic (exact) mass is 307 g/mol. The zero-order chi connectivity index (χ0) is 15.3. The minimum Gasteiger partial charge on any atom is -0.302 e. The molecule has 21 heavy (non-hydrogen) atoms. The first-order valence-corrected chi connectivity index (χ1v) is 9.06. The van der Waals surface area contributed by atoms with Gasteiger partial charge >= 0.3 is 0 Å². The van der Waals surface area contributed by atoms with Gasteiger partial charge in [-0.3, -0.25) is 4.31 Å². The molecule has 0 spiro atoms. The third-order valence-electron chi connectivity index (χ3n) is 3.75. The second kappa shape index (κ2) is 6.92. The Labute approximate surface area is 126 Å². The first-order valence-electron chi connectivity index (χ1n) is 7.21. The van der Waals surface area contributed by atoms with E-state index >= 15 is 0 Å². The largest absolute Gasteiger partial charge is 0.302 e. The second-order valence-electron chi connectivity index (χ2n) is 5.40. The summed E-state index contributed by atoms with van der Waals surface area (Å²) in [6, 6.07) is 8.71. The summed E-state index contributed by atoms with van der Waals surface area (Å²) in [5.41, 5.74) is 1.15. The number of rotatable bonds is 5. The van der Waals surface area contributed by atoms with E-state index in [0.717, 1.165) is 19.6 Å². The number of likely N-dealkylation sites (tertiary alicyclic amines) is 1. The predicted molar refractivity (Wildman–Crippen MR) is 83.6 cm³/mol. The molecule has 1 aromatic rings. The number of benzene rings is 1. The van der Waals surface area contributed by atoms with Crippen LogP contribution in [-0.4, -0.2) is 45.8 Å². The quantitative estimate of drug-likeness (QED) is 0.832. The lowest BCUT2D eigenvalue weighted by molar-refractivity contribution is 0.235. The summed E-state index contributed by atoms with van der Waals surface area (Å²) in [5.74, 6) is 0. The number of hydrogen-bond donors (Lipinski definition) is 0. The summed E-state index contributed by atoms with van der Waals surface area (Å²) in [6.07, 6.45) is 4.87. The number of nitriles is 1. The van der Waals surface area contributed by atoms with Gasteiger partial charge in [-0.05, 0) is 50.2 Å². The first-order chi connectivity index (χ1) is 10.0. The van der Waals surface area contributed by atoms with Gasteiger partial charge in [0.1, 0.15) is 0 Å². The standard InChI is InChI=1S/C15H21N3O2S/c1-21(19,20)18(12-11-17-9-3-2-4-10-17)15-7-5-14(13-16)6-8-15/h5-8H,2-4,9-12H2,1H3. The van der Waals surface area contributed by atoms with Crippen LogP contribution in [0.1, 0.15) is 24.8 Å². The molecule has 1 aromatic carbocycles. The molecule has 1 fully saturated rings. The van der Waals surface area contributed by atoms with E-state index in [4.69, 9.17) is 5.26 Å². The van der Waals surface area contributed by atoms with Gasteiger partial charge in [0.2, 0.25) is 10.0 Å². The molecule has 0 atom stereocenters. The summed E-state index contributed by atoms with van der Waals surface area (Å²) < 4.78 is 25.4. The van der Waals surface area contributed by atoms with Gasteiger partial charge in [-0.2, -0.15) is 5.26 Å². The van der Waals surface area contributed by atoms with Gasteiger partial charge in [-0.1, -0.05) is 6.42 Å². The normalized spacial score (nSPS) is 16.4. The van der Waals surface area contributed by atoms with Gasteiger partial charge < -0.3 is 4.90 Å². The maximum atomic E-state index is 12.0. The molecule has 0 amide bonds. The van der Waals surface area contributed by atoms with Gasteiger partial charge in [0.25, 0.3) is 0 Å². The number of hydrogen-bond acceptors (Lipinski definition) is 4. The highest BCUT2D eigenvalue weighted by Gasteiger charge is 2.19. The first kappa shape index (κ1) is 15.8. The van der Waals surface area contributed by atoms with E-state index in [1.165, 1.54) is 29.8 Å². The minimum atomic E-state index is -3.31. The van der Waals surface area contributed by atoms with Crippen molar-refractivity contribution in [3.05, 3.63) is 29.8 Å². The smallest absolute Gasteiger partial charge is 0.232 e. The van der Waals surface area contributed by atoms with Crippen LogP contribution < -0.4 is 4.31 Å². The van der Waals surface area contributed by atoms with Crippen LogP contribution in [0.3, 0.4) is 0 Å². The van der Waals surface area contributed by atoms with Crippen LogP contribution in [0.5, 0.6) is 0 Å². The molecule has 114 valence electrons. The van der Waals surface area contributed by atoms with Crippen molar-refractivity contribution >= 4 is 15.7 Å². The average Bonchev–Trinajstić information content (AvgIpc) is 2.48. The van der Waals surface area contributed by atoms with Crippen molar-refractivity contribution in [3.8, 4) is 6.07 Å². The number of anilines is 1. The Balaban J connectivity index is 2.09. The fraction of sp³-hybridized carbons (Fsp3) is 0.533. The van der Waals surface area contributed by atoms with E-state index in [0.29, 0.717) is 17.8 Å². The Morgan fingerprint density at radius 1 is 1.19 bits per heavy atom. The predicted octanol–water partition coefficient (Wildman–Crippen LogP) is 1.81. The van der Waals surface area contributed by atoms with E-state index in [1.807, 2.05) is 6.07 Å². The van der Waals surface area contributed by atoms with Crippen molar-refractivity contribution in [2.45, 2.75) is 19.3 Å². The molecule has 2 rings (SSSR count). The topological polar surface area (TPSA) is 64.4 Å². The molecule has 5 nitrogen and oxygen atoms in total. The SMILES string of the molecule is CS(=O)(=O)N(CCN1CCCCC1)c1ccc(C#N)cc1. The lowest BCUT2D eigenvalue weighted by Gasteiger charge is -2.30. The van der Waals surface area contributed by atoms with Crippen molar-refractivity contribution in [1.29, 1.82) is 5.26 Å². The van der Waals surface area contributed by atoms with Gasteiger partial charge in [-0.25, -0.2) is 8.42 Å². The maximum absolute atomic E-state index is 12.0. The van der Waals surface area contributed by atoms with Gasteiger partial charge in [0, 0.05) is 13.1 Å². The van der Waals surface area contributed by atoms with Crippen LogP contribution in [-0.2, 0) is 10.0 Å². The summed E-state index contributed by atoms with van der Waals surface area (Å²) in [5, 5.41) is 8.81. The average molecular weight is 307 g/mol. The van der Waals surface area contributed by atoms with Crippen LogP contribution in [0.25, 0.3) is 0 Å². The lowest BCUT2D eigenvalue weighted by Crippen LogP contribution is -2.40. The van der Waals surface area contributed by atoms with E-state index in [9.17, 15) is 8.42 Å². The third kappa shape index (κ3) is 4.45. The summed E-state index contributed by atoms with van der Waals surface area (Å²) in [4.78, 5) is 2.31. The molecule has 0 aliphatic carbocycles. The van der Waals surface area contributed by atoms with Crippen molar-refractivity contribution in [3.63, 3.8) is 0 Å². The highest BCUT2D eigenvalue weighted by molar-refractivity contribution is 7.92. The molecule has 6 heteroatoms. The molecule has 1 heterocycles. The highest BCUT2D eigenvalue weighted by atomic mass is 32.2. The van der Waals surface area contributed by atoms with E-state index in [2.05, 4.69) is 4.90 Å². The van der Waals surface area contributed by atoms with Crippen molar-refractivity contribution < 1.29 is 8.42 Å². The maximum Gasteiger partial charge on any atom is 0.232 e. The second-order valence-corrected chi connectivity index (χ2v) is 7.30. The number of sulfonamides is 1. The summed E-state index contributed by atoms with van der Waals surface area (Å²) >= 11 is 0. The molecule has 1 aliphatic rings. The van der Waals surface area contributed by atoms with E-state index in [-0.39, 0.29) is 0 Å². The number of nitrogens with zero attached hydrogens (tertiary/aromatic N) is 3. The molecule has 0 radical (unpaired) electrons. The molecule has 0 saturated carbocycles. The van der Waals surface area contributed by atoms with Crippen molar-refractivity contribution in [2.24, 2.45) is 0 Å². The van der Waals surface area contributed by atoms with Crippen molar-refractivity contribution in [2.75, 3.05) is 36.7 Å². The van der Waals surface area contributed by atoms with Gasteiger partial charge in [0.15, 0.2) is 0 Å². The summed E-state index contributed by atoms with van der Waals surface area (Å²) in [6.45, 7) is 3.29. The molecule has 1 aliphatic heterocycles. The van der Waals surface area contributed by atoms with Gasteiger partial charge in [-0.15, -0.1) is 0 Å². The fourth-order valence-corrected chi connectivity index (χ4v) is 3.52. The molecule has 1 saturated heterocycles. The van der Waals surface area contributed by atoms with Crippen molar-refractivity contribution in [1.82, 2.24) is 4.90 Å². The Morgan fingerprint density at radius 3 is 2.33 bits per heavy atom. The zero-order valence-corrected chi connectivity index (χ0v) is 13.1. The van der Waals surface area contributed by atoms with E-state index in [1.54, 1.807) is 24.3 Å². The van der Waals surface area contributed by atoms with Crippen LogP contribution >= 0.6 is 0 Å². The van der Waals surface area contributed by atoms with Crippen LogP contribution in [0.4, 0.5) is 5.69 Å². The van der Waals surface area contributed by atoms with Crippen LogP contribution in [0.15, 0.2) is 24.3 Å². The third-order valence-corrected chi connectivity index (χ3v) is 4.95. The zero-order valence-electron chi connectivity index (χ0n) is 12.3. The van der Waals surface area contributed by atoms with Crippen LogP contribution in [0, 0.1) is 11.3 Å². The summed E-state index contributed by atoms with van der Waals surface area (Å²) in [7, 11) is -3.31. The van der Waals surface area contributed by atoms with Crippen LogP contribution in [0.2, 0.25) is 0 Å². The van der Waals surface area contributed by atoms with Gasteiger partial charge in [0.05, 0.1) is 23.6 Å². The Bertz CT molecular complexity index is 599. The minimum absolute atomic E-state index is 0.449. The Hall–Kier alpha value is -1.58. The lowest BCUT2D eigenvalue weighted by atomic mass is 10.1. The molecule has 0 unspecified atom stereocenters. The Morgan fingerprint density at radius 2 is 1.81 bits per heavy atom. The number of piperidine rings is 1. The Kier molecular flexibility index (Phi) is 5.21. The van der Waals surface area contributed by atoms with E-state index < -0.39 is 10.0 Å². The molecular weight excluding hydrogens is 286 g/mol. The molecule has 0 bridgehead atoms. The molecule has 0 N–H and O–H groups in total. The molecule has 0 aromatic heterocycles. The fourth-order valence-electron chi connectivity index (χ4n) is 2.60. The highest BCUT2D eigenvalue weighted by Crippen LogP contribution is 2.18.